The molecule has 0 aliphatic heterocycles. The summed E-state index contributed by atoms with van der Waals surface area (Å²) >= 11 is 0. The normalized spacial score (nSPS) is 9.78. The van der Waals surface area contributed by atoms with Gasteiger partial charge in [0.2, 0.25) is 13.1 Å². The van der Waals surface area contributed by atoms with Crippen LogP contribution in [0.3, 0.4) is 0 Å². The van der Waals surface area contributed by atoms with Crippen molar-refractivity contribution in [2.45, 2.75) is 25.7 Å². The van der Waals surface area contributed by atoms with E-state index in [-0.39, 0.29) is 0 Å². The highest BCUT2D eigenvalue weighted by Gasteiger charge is 2.17. The fourth-order valence-electron chi connectivity index (χ4n) is 5.08. The maximum atomic E-state index is 9.13. The van der Waals surface area contributed by atoms with E-state index in [0.29, 0.717) is 78.0 Å². The summed E-state index contributed by atoms with van der Waals surface area (Å²) in [6.45, 7) is 18.4. The average molecular weight is 609 g/mol. The summed E-state index contributed by atoms with van der Waals surface area (Å²) in [5, 5.41) is 36.5. The summed E-state index contributed by atoms with van der Waals surface area (Å²) < 4.78 is 0. The monoisotopic (exact) mass is 608 g/mol. The highest BCUT2D eigenvalue weighted by Crippen LogP contribution is 2.37. The first-order valence-corrected chi connectivity index (χ1v) is 15.1. The molecular formula is C36H36N10. The fourth-order valence-corrected chi connectivity index (χ4v) is 5.08. The van der Waals surface area contributed by atoms with E-state index in [1.165, 1.54) is 0 Å². The van der Waals surface area contributed by atoms with Crippen molar-refractivity contribution >= 4 is 34.1 Å². The van der Waals surface area contributed by atoms with Crippen LogP contribution in [0.5, 0.6) is 0 Å². The minimum absolute atomic E-state index is 0.351. The van der Waals surface area contributed by atoms with Gasteiger partial charge in [0.15, 0.2) is 0 Å². The molecule has 0 aliphatic rings. The second-order valence-corrected chi connectivity index (χ2v) is 10.2. The van der Waals surface area contributed by atoms with Gasteiger partial charge in [0.05, 0.1) is 63.0 Å². The molecule has 0 N–H and O–H groups in total. The van der Waals surface area contributed by atoms with Crippen LogP contribution in [0.4, 0.5) is 34.1 Å². The maximum Gasteiger partial charge on any atom is 0.231 e. The third-order valence-corrected chi connectivity index (χ3v) is 7.36. The summed E-state index contributed by atoms with van der Waals surface area (Å²) in [4.78, 5) is 15.3. The van der Waals surface area contributed by atoms with E-state index in [9.17, 15) is 0 Å². The van der Waals surface area contributed by atoms with Crippen molar-refractivity contribution in [1.82, 2.24) is 0 Å². The molecule has 3 rings (SSSR count). The van der Waals surface area contributed by atoms with Gasteiger partial charge in [-0.05, 0) is 72.8 Å². The summed E-state index contributed by atoms with van der Waals surface area (Å²) in [7, 11) is 0. The highest BCUT2D eigenvalue weighted by molar-refractivity contribution is 5.79. The molecule has 230 valence electrons. The number of nitrogens with zero attached hydrogens (tertiary/aromatic N) is 10. The molecule has 0 atom stereocenters. The Hall–Kier alpha value is -6.20. The van der Waals surface area contributed by atoms with Gasteiger partial charge in [-0.3, -0.25) is 0 Å². The maximum absolute atomic E-state index is 9.13. The summed E-state index contributed by atoms with van der Waals surface area (Å²) in [6.07, 6.45) is 1.45. The van der Waals surface area contributed by atoms with Gasteiger partial charge in [-0.15, -0.1) is 0 Å². The van der Waals surface area contributed by atoms with Gasteiger partial charge in [0.25, 0.3) is 0 Å². The highest BCUT2D eigenvalue weighted by atomic mass is 15.2. The van der Waals surface area contributed by atoms with E-state index in [0.717, 1.165) is 34.1 Å². The Labute approximate surface area is 272 Å². The Morgan fingerprint density at radius 3 is 0.891 bits per heavy atom. The van der Waals surface area contributed by atoms with E-state index in [4.69, 9.17) is 34.2 Å². The predicted octanol–water partition coefficient (Wildman–Crippen LogP) is 7.07. The molecule has 0 fully saturated rings. The van der Waals surface area contributed by atoms with Crippen molar-refractivity contribution in [1.29, 1.82) is 21.0 Å². The van der Waals surface area contributed by atoms with E-state index in [2.05, 4.69) is 43.8 Å². The molecule has 0 aromatic heterocycles. The molecule has 0 saturated heterocycles. The zero-order valence-electron chi connectivity index (χ0n) is 25.9. The van der Waals surface area contributed by atoms with Crippen molar-refractivity contribution in [3.63, 3.8) is 0 Å². The van der Waals surface area contributed by atoms with Crippen molar-refractivity contribution in [2.24, 2.45) is 0 Å². The smallest absolute Gasteiger partial charge is 0.231 e. The molecular weight excluding hydrogens is 572 g/mol. The van der Waals surface area contributed by atoms with Crippen molar-refractivity contribution in [3.05, 3.63) is 95.6 Å². The van der Waals surface area contributed by atoms with Gasteiger partial charge in [-0.2, -0.15) is 21.0 Å². The molecule has 10 heteroatoms. The topological polar surface area (TPSA) is 117 Å². The van der Waals surface area contributed by atoms with E-state index < -0.39 is 0 Å². The van der Waals surface area contributed by atoms with Crippen LogP contribution in [-0.4, -0.2) is 52.4 Å². The molecule has 0 amide bonds. The van der Waals surface area contributed by atoms with Crippen LogP contribution in [0.15, 0.2) is 72.8 Å². The Balaban J connectivity index is 2.02. The second-order valence-electron chi connectivity index (χ2n) is 10.2. The molecule has 0 radical (unpaired) electrons. The van der Waals surface area contributed by atoms with Gasteiger partial charge >= 0.3 is 0 Å². The number of benzene rings is 3. The van der Waals surface area contributed by atoms with Crippen molar-refractivity contribution < 1.29 is 0 Å². The van der Waals surface area contributed by atoms with Gasteiger partial charge in [0, 0.05) is 60.3 Å². The van der Waals surface area contributed by atoms with Crippen LogP contribution in [0.2, 0.25) is 0 Å². The van der Waals surface area contributed by atoms with Crippen LogP contribution in [-0.2, 0) is 0 Å². The summed E-state index contributed by atoms with van der Waals surface area (Å²) in [6, 6.07) is 32.9. The van der Waals surface area contributed by atoms with Crippen LogP contribution in [0.25, 0.3) is 9.69 Å². The molecule has 0 aliphatic carbocycles. The van der Waals surface area contributed by atoms with E-state index in [1.54, 1.807) is 0 Å². The lowest BCUT2D eigenvalue weighted by molar-refractivity contribution is 0.796. The van der Waals surface area contributed by atoms with Crippen LogP contribution in [0, 0.1) is 58.5 Å². The standard InChI is InChI=1S/C36H36N10/c1-41-23-29-45(30-24-42-2)33-11-17-36(18-12-33)46(34-13-7-31(8-14-34)43(25-3-19-37)26-4-20-38)35-15-9-32(10-16-35)44(27-5-21-39)28-6-22-40/h7-18H,3-6,23-30H2. The Morgan fingerprint density at radius 1 is 0.413 bits per heavy atom. The molecule has 0 unspecified atom stereocenters. The largest absolute Gasteiger partial charge is 0.369 e. The minimum Gasteiger partial charge on any atom is -0.369 e. The number of anilines is 6. The second kappa shape index (κ2) is 19.2. The molecule has 0 saturated carbocycles. The SMILES string of the molecule is [C-]#[N+]CCN(CC[N+]#[C-])c1ccc(N(c2ccc(N(CCC#N)CCC#N)cc2)c2ccc(N(CCC#N)CCC#N)cc2)cc1. The molecule has 0 bridgehead atoms. The lowest BCUT2D eigenvalue weighted by Crippen LogP contribution is -2.28. The number of nitriles is 4. The van der Waals surface area contributed by atoms with Crippen molar-refractivity contribution in [2.75, 3.05) is 72.0 Å². The Bertz CT molecular complexity index is 1370. The van der Waals surface area contributed by atoms with Gasteiger partial charge in [0.1, 0.15) is 0 Å². The van der Waals surface area contributed by atoms with E-state index >= 15 is 0 Å². The molecule has 46 heavy (non-hydrogen) atoms. The van der Waals surface area contributed by atoms with Gasteiger partial charge < -0.3 is 29.3 Å². The number of hydrogen-bond acceptors (Lipinski definition) is 8. The number of hydrogen-bond donors (Lipinski definition) is 0. The fraction of sp³-hybridized carbons (Fsp3) is 0.333. The zero-order valence-corrected chi connectivity index (χ0v) is 25.9. The first-order chi connectivity index (χ1) is 22.6. The van der Waals surface area contributed by atoms with Crippen molar-refractivity contribution in [3.8, 4) is 24.3 Å². The lowest BCUT2D eigenvalue weighted by atomic mass is 10.1. The first kappa shape index (κ1) is 34.3. The number of rotatable bonds is 18. The molecule has 3 aromatic carbocycles. The summed E-state index contributed by atoms with van der Waals surface area (Å²) in [5.74, 6) is 0. The van der Waals surface area contributed by atoms with Gasteiger partial charge in [-0.25, -0.2) is 13.1 Å². The van der Waals surface area contributed by atoms with Crippen LogP contribution < -0.4 is 19.6 Å². The third kappa shape index (κ3) is 9.93. The predicted molar refractivity (Wildman–Crippen MR) is 182 cm³/mol. The van der Waals surface area contributed by atoms with Crippen LogP contribution >= 0.6 is 0 Å². The quantitative estimate of drug-likeness (QED) is 0.141. The Kier molecular flexibility index (Phi) is 14.3. The van der Waals surface area contributed by atoms with Crippen LogP contribution in [0.1, 0.15) is 25.7 Å². The lowest BCUT2D eigenvalue weighted by Gasteiger charge is -2.29. The third-order valence-electron chi connectivity index (χ3n) is 7.36. The molecule has 0 heterocycles. The molecule has 3 aromatic rings. The minimum atomic E-state index is 0.351. The first-order valence-electron chi connectivity index (χ1n) is 15.1. The Morgan fingerprint density at radius 2 is 0.652 bits per heavy atom. The molecule has 0 spiro atoms. The van der Waals surface area contributed by atoms with Gasteiger partial charge in [-0.1, -0.05) is 0 Å². The summed E-state index contributed by atoms with van der Waals surface area (Å²) in [5.41, 5.74) is 5.54. The molecule has 10 nitrogen and oxygen atoms in total. The average Bonchev–Trinajstić information content (AvgIpc) is 3.10. The van der Waals surface area contributed by atoms with E-state index in [1.807, 2.05) is 82.6 Å². The zero-order chi connectivity index (χ0) is 33.0.